The predicted molar refractivity (Wildman–Crippen MR) is 53.0 cm³/mol. The molecule has 2 aromatic heterocycles. The Morgan fingerprint density at radius 3 is 3.00 bits per heavy atom. The van der Waals surface area contributed by atoms with E-state index in [1.54, 1.807) is 17.5 Å². The average molecular weight is 241 g/mol. The van der Waals surface area contributed by atoms with Gasteiger partial charge in [0, 0.05) is 11.8 Å². The van der Waals surface area contributed by atoms with Gasteiger partial charge in [-0.05, 0) is 38.3 Å². The van der Waals surface area contributed by atoms with Gasteiger partial charge in [-0.1, -0.05) is 0 Å². The van der Waals surface area contributed by atoms with Gasteiger partial charge in [0.2, 0.25) is 0 Å². The van der Waals surface area contributed by atoms with Gasteiger partial charge in [0.15, 0.2) is 0 Å². The fourth-order valence-corrected chi connectivity index (χ4v) is 2.00. The molecule has 2 aromatic rings. The fourth-order valence-electron chi connectivity index (χ4n) is 0.926. The Kier molecular flexibility index (Phi) is 2.19. The molecule has 4 heteroatoms. The van der Waals surface area contributed by atoms with Gasteiger partial charge in [-0.2, -0.15) is 11.3 Å². The van der Waals surface area contributed by atoms with Gasteiger partial charge in [-0.3, -0.25) is 0 Å². The van der Waals surface area contributed by atoms with Gasteiger partial charge in [0.1, 0.15) is 10.9 Å². The topological polar surface area (TPSA) is 25.8 Å². The van der Waals surface area contributed by atoms with Crippen LogP contribution in [0.3, 0.4) is 0 Å². The molecule has 2 nitrogen and oxygen atoms in total. The van der Waals surface area contributed by atoms with Crippen LogP contribution in [-0.4, -0.2) is 9.97 Å². The third-order valence-corrected chi connectivity index (χ3v) is 2.81. The van der Waals surface area contributed by atoms with Crippen LogP contribution in [0.2, 0.25) is 0 Å². The second-order valence-corrected chi connectivity index (χ2v) is 3.77. The lowest BCUT2D eigenvalue weighted by Crippen LogP contribution is -1.82. The molecule has 0 fully saturated rings. The Balaban J connectivity index is 2.55. The molecule has 0 saturated carbocycles. The van der Waals surface area contributed by atoms with E-state index in [0.717, 1.165) is 15.7 Å². The molecule has 0 spiro atoms. The molecule has 0 bridgehead atoms. The molecular weight excluding hydrogens is 236 g/mol. The third kappa shape index (κ3) is 1.40. The Morgan fingerprint density at radius 2 is 2.33 bits per heavy atom. The summed E-state index contributed by atoms with van der Waals surface area (Å²) < 4.78 is 0.843. The summed E-state index contributed by atoms with van der Waals surface area (Å²) in [4.78, 5) is 8.01. The summed E-state index contributed by atoms with van der Waals surface area (Å²) in [7, 11) is 0. The van der Waals surface area contributed by atoms with Crippen LogP contribution in [0, 0.1) is 0 Å². The normalized spacial score (nSPS) is 10.1. The van der Waals surface area contributed by atoms with E-state index in [1.165, 1.54) is 6.33 Å². The van der Waals surface area contributed by atoms with Crippen LogP contribution in [-0.2, 0) is 0 Å². The van der Waals surface area contributed by atoms with Crippen LogP contribution in [0.1, 0.15) is 0 Å². The Hall–Kier alpha value is -0.740. The Bertz CT molecular complexity index is 372. The monoisotopic (exact) mass is 240 g/mol. The standard InChI is InChI=1S/C8H5BrN2S/c9-8-7(3-10-5-11-8)6-1-2-12-4-6/h1-5H. The van der Waals surface area contributed by atoms with Crippen LogP contribution in [0.4, 0.5) is 0 Å². The first kappa shape index (κ1) is 7.89. The smallest absolute Gasteiger partial charge is 0.117 e. The minimum atomic E-state index is 0.843. The molecule has 0 saturated heterocycles. The number of rotatable bonds is 1. The second-order valence-electron chi connectivity index (χ2n) is 2.24. The van der Waals surface area contributed by atoms with E-state index in [1.807, 2.05) is 11.4 Å². The highest BCUT2D eigenvalue weighted by Crippen LogP contribution is 2.26. The van der Waals surface area contributed by atoms with Crippen LogP contribution >= 0.6 is 27.3 Å². The maximum atomic E-state index is 4.05. The summed E-state index contributed by atoms with van der Waals surface area (Å²) in [5.41, 5.74) is 2.20. The number of nitrogens with zero attached hydrogens (tertiary/aromatic N) is 2. The molecular formula is C8H5BrN2S. The molecule has 0 atom stereocenters. The maximum Gasteiger partial charge on any atom is 0.117 e. The molecule has 60 valence electrons. The van der Waals surface area contributed by atoms with E-state index in [9.17, 15) is 0 Å². The molecule has 0 aliphatic carbocycles. The van der Waals surface area contributed by atoms with Gasteiger partial charge >= 0.3 is 0 Å². The maximum absolute atomic E-state index is 4.05. The number of aromatic nitrogens is 2. The van der Waals surface area contributed by atoms with E-state index in [0.29, 0.717) is 0 Å². The largest absolute Gasteiger partial charge is 0.244 e. The van der Waals surface area contributed by atoms with Crippen LogP contribution in [0.15, 0.2) is 34.0 Å². The lowest BCUT2D eigenvalue weighted by atomic mass is 10.2. The van der Waals surface area contributed by atoms with E-state index < -0.39 is 0 Å². The number of halogens is 1. The van der Waals surface area contributed by atoms with Crippen molar-refractivity contribution in [2.24, 2.45) is 0 Å². The SMILES string of the molecule is Brc1ncncc1-c1ccsc1. The summed E-state index contributed by atoms with van der Waals surface area (Å²) >= 11 is 5.04. The van der Waals surface area contributed by atoms with Crippen molar-refractivity contribution >= 4 is 27.3 Å². The van der Waals surface area contributed by atoms with Crippen LogP contribution in [0.25, 0.3) is 11.1 Å². The van der Waals surface area contributed by atoms with E-state index in [4.69, 9.17) is 0 Å². The molecule has 0 amide bonds. The van der Waals surface area contributed by atoms with Gasteiger partial charge in [0.05, 0.1) is 0 Å². The molecule has 2 rings (SSSR count). The summed E-state index contributed by atoms with van der Waals surface area (Å²) in [6.07, 6.45) is 3.33. The molecule has 0 unspecified atom stereocenters. The van der Waals surface area contributed by atoms with Gasteiger partial charge in [-0.15, -0.1) is 0 Å². The minimum Gasteiger partial charge on any atom is -0.244 e. The molecule has 0 radical (unpaired) electrons. The third-order valence-electron chi connectivity index (χ3n) is 1.50. The summed E-state index contributed by atoms with van der Waals surface area (Å²) in [5.74, 6) is 0. The predicted octanol–water partition coefficient (Wildman–Crippen LogP) is 2.97. The van der Waals surface area contributed by atoms with Gasteiger partial charge in [-0.25, -0.2) is 9.97 Å². The van der Waals surface area contributed by atoms with Crippen LogP contribution in [0.5, 0.6) is 0 Å². The second kappa shape index (κ2) is 3.33. The molecule has 12 heavy (non-hydrogen) atoms. The first-order valence-electron chi connectivity index (χ1n) is 3.36. The highest BCUT2D eigenvalue weighted by Gasteiger charge is 2.02. The van der Waals surface area contributed by atoms with Crippen LogP contribution < -0.4 is 0 Å². The van der Waals surface area contributed by atoms with Crippen molar-refractivity contribution in [3.05, 3.63) is 34.0 Å². The first-order valence-corrected chi connectivity index (χ1v) is 5.09. The fraction of sp³-hybridized carbons (Fsp3) is 0. The van der Waals surface area contributed by atoms with Crippen molar-refractivity contribution in [2.75, 3.05) is 0 Å². The zero-order valence-corrected chi connectivity index (χ0v) is 8.47. The molecule has 0 aliphatic rings. The molecule has 0 N–H and O–H groups in total. The Morgan fingerprint density at radius 1 is 1.42 bits per heavy atom. The van der Waals surface area contributed by atoms with Crippen molar-refractivity contribution in [3.8, 4) is 11.1 Å². The lowest BCUT2D eigenvalue weighted by Gasteiger charge is -1.97. The summed E-state index contributed by atoms with van der Waals surface area (Å²) in [5, 5.41) is 4.11. The van der Waals surface area contributed by atoms with Crippen molar-refractivity contribution in [3.63, 3.8) is 0 Å². The van der Waals surface area contributed by atoms with E-state index >= 15 is 0 Å². The first-order chi connectivity index (χ1) is 5.88. The zero-order chi connectivity index (χ0) is 8.39. The van der Waals surface area contributed by atoms with Crippen molar-refractivity contribution in [2.45, 2.75) is 0 Å². The lowest BCUT2D eigenvalue weighted by molar-refractivity contribution is 1.14. The highest BCUT2D eigenvalue weighted by molar-refractivity contribution is 9.10. The summed E-state index contributed by atoms with van der Waals surface area (Å²) in [6.45, 7) is 0. The molecule has 2 heterocycles. The minimum absolute atomic E-state index is 0.843. The van der Waals surface area contributed by atoms with Crippen molar-refractivity contribution in [1.29, 1.82) is 0 Å². The van der Waals surface area contributed by atoms with E-state index in [2.05, 4.69) is 31.3 Å². The van der Waals surface area contributed by atoms with Crippen molar-refractivity contribution in [1.82, 2.24) is 9.97 Å². The van der Waals surface area contributed by atoms with Gasteiger partial charge in [0.25, 0.3) is 0 Å². The zero-order valence-electron chi connectivity index (χ0n) is 6.07. The molecule has 0 aromatic carbocycles. The summed E-state index contributed by atoms with van der Waals surface area (Å²) in [6, 6.07) is 2.05. The van der Waals surface area contributed by atoms with Gasteiger partial charge < -0.3 is 0 Å². The Labute approximate surface area is 82.4 Å². The quantitative estimate of drug-likeness (QED) is 0.717. The highest BCUT2D eigenvalue weighted by atomic mass is 79.9. The molecule has 0 aliphatic heterocycles. The average Bonchev–Trinajstić information content (AvgIpc) is 2.57. The number of hydrogen-bond donors (Lipinski definition) is 0. The number of thiophene rings is 1. The van der Waals surface area contributed by atoms with E-state index in [-0.39, 0.29) is 0 Å². The number of hydrogen-bond acceptors (Lipinski definition) is 3. The van der Waals surface area contributed by atoms with Crippen molar-refractivity contribution < 1.29 is 0 Å².